The van der Waals surface area contributed by atoms with E-state index in [-0.39, 0.29) is 10.8 Å². The van der Waals surface area contributed by atoms with Gasteiger partial charge in [0.15, 0.2) is 0 Å². The second kappa shape index (κ2) is 4.95. The SMILES string of the molecule is C[C@H](Cc1ccc(S(=O)(=O)O)cc1)C(=O)Cl. The molecule has 1 aromatic rings. The van der Waals surface area contributed by atoms with Crippen LogP contribution in [0.15, 0.2) is 29.2 Å². The first-order chi connectivity index (χ1) is 7.30. The van der Waals surface area contributed by atoms with Crippen LogP contribution in [0.1, 0.15) is 12.5 Å². The molecule has 0 aromatic heterocycles. The Morgan fingerprint density at radius 1 is 1.38 bits per heavy atom. The summed E-state index contributed by atoms with van der Waals surface area (Å²) < 4.78 is 30.3. The molecule has 88 valence electrons. The Bertz CT molecular complexity index is 478. The largest absolute Gasteiger partial charge is 0.294 e. The number of hydrogen-bond acceptors (Lipinski definition) is 3. The summed E-state index contributed by atoms with van der Waals surface area (Å²) in [5.74, 6) is -0.321. The zero-order chi connectivity index (χ0) is 12.3. The van der Waals surface area contributed by atoms with Crippen molar-refractivity contribution >= 4 is 27.0 Å². The van der Waals surface area contributed by atoms with Crippen molar-refractivity contribution in [2.45, 2.75) is 18.2 Å². The van der Waals surface area contributed by atoms with Crippen LogP contribution in [0.5, 0.6) is 0 Å². The van der Waals surface area contributed by atoms with Crippen LogP contribution < -0.4 is 0 Å². The topological polar surface area (TPSA) is 71.4 Å². The Kier molecular flexibility index (Phi) is 4.07. The zero-order valence-electron chi connectivity index (χ0n) is 8.55. The fraction of sp³-hybridized carbons (Fsp3) is 0.300. The van der Waals surface area contributed by atoms with Gasteiger partial charge in [0.25, 0.3) is 10.1 Å². The van der Waals surface area contributed by atoms with E-state index in [9.17, 15) is 13.2 Å². The summed E-state index contributed by atoms with van der Waals surface area (Å²) >= 11 is 5.31. The molecule has 1 N–H and O–H groups in total. The van der Waals surface area contributed by atoms with Crippen LogP contribution in [0.25, 0.3) is 0 Å². The second-order valence-electron chi connectivity index (χ2n) is 3.53. The normalized spacial score (nSPS) is 13.4. The van der Waals surface area contributed by atoms with Crippen molar-refractivity contribution in [2.75, 3.05) is 0 Å². The number of rotatable bonds is 4. The lowest BCUT2D eigenvalue weighted by Gasteiger charge is -2.06. The molecule has 0 aliphatic rings. The van der Waals surface area contributed by atoms with E-state index in [0.29, 0.717) is 6.42 Å². The molecule has 0 radical (unpaired) electrons. The first-order valence-electron chi connectivity index (χ1n) is 4.56. The van der Waals surface area contributed by atoms with Crippen LogP contribution in [0.2, 0.25) is 0 Å². The number of hydrogen-bond donors (Lipinski definition) is 1. The third-order valence-corrected chi connectivity index (χ3v) is 3.39. The summed E-state index contributed by atoms with van der Waals surface area (Å²) in [4.78, 5) is 10.6. The van der Waals surface area contributed by atoms with Crippen molar-refractivity contribution in [3.05, 3.63) is 29.8 Å². The summed E-state index contributed by atoms with van der Waals surface area (Å²) in [6.07, 6.45) is 0.439. The summed E-state index contributed by atoms with van der Waals surface area (Å²) in [7, 11) is -4.16. The minimum atomic E-state index is -4.16. The molecule has 6 heteroatoms. The van der Waals surface area contributed by atoms with Crippen LogP contribution in [0.4, 0.5) is 0 Å². The van der Waals surface area contributed by atoms with Gasteiger partial charge >= 0.3 is 0 Å². The molecule has 1 rings (SSSR count). The molecule has 0 bridgehead atoms. The molecule has 0 amide bonds. The standard InChI is InChI=1S/C10H11ClO4S/c1-7(10(11)12)6-8-2-4-9(5-3-8)16(13,14)15/h2-5,7H,6H2,1H3,(H,13,14,15)/t7-/m1/s1. The van der Waals surface area contributed by atoms with Crippen molar-refractivity contribution < 1.29 is 17.8 Å². The van der Waals surface area contributed by atoms with Crippen molar-refractivity contribution in [1.82, 2.24) is 0 Å². The highest BCUT2D eigenvalue weighted by atomic mass is 35.5. The lowest BCUT2D eigenvalue weighted by Crippen LogP contribution is -2.07. The number of carbonyl (C=O) groups excluding carboxylic acids is 1. The molecular weight excluding hydrogens is 252 g/mol. The molecular formula is C10H11ClO4S. The monoisotopic (exact) mass is 262 g/mol. The van der Waals surface area contributed by atoms with Crippen LogP contribution in [-0.4, -0.2) is 18.2 Å². The van der Waals surface area contributed by atoms with E-state index in [2.05, 4.69) is 0 Å². The van der Waals surface area contributed by atoms with Crippen molar-refractivity contribution in [3.63, 3.8) is 0 Å². The quantitative estimate of drug-likeness (QED) is 0.664. The maximum atomic E-state index is 10.8. The third-order valence-electron chi connectivity index (χ3n) is 2.15. The van der Waals surface area contributed by atoms with Crippen molar-refractivity contribution in [1.29, 1.82) is 0 Å². The van der Waals surface area contributed by atoms with Gasteiger partial charge in [0.2, 0.25) is 5.24 Å². The van der Waals surface area contributed by atoms with E-state index in [1.807, 2.05) is 0 Å². The van der Waals surface area contributed by atoms with Crippen LogP contribution >= 0.6 is 11.6 Å². The first-order valence-corrected chi connectivity index (χ1v) is 6.38. The van der Waals surface area contributed by atoms with E-state index in [1.165, 1.54) is 12.1 Å². The number of carbonyl (C=O) groups is 1. The number of halogens is 1. The van der Waals surface area contributed by atoms with Crippen molar-refractivity contribution in [3.8, 4) is 0 Å². The lowest BCUT2D eigenvalue weighted by atomic mass is 10.0. The van der Waals surface area contributed by atoms with Gasteiger partial charge in [0.05, 0.1) is 4.90 Å². The maximum Gasteiger partial charge on any atom is 0.294 e. The van der Waals surface area contributed by atoms with Crippen LogP contribution in [-0.2, 0) is 21.3 Å². The Morgan fingerprint density at radius 3 is 2.25 bits per heavy atom. The molecule has 0 heterocycles. The smallest absolute Gasteiger partial charge is 0.282 e. The van der Waals surface area contributed by atoms with Gasteiger partial charge in [-0.15, -0.1) is 0 Å². The van der Waals surface area contributed by atoms with E-state index >= 15 is 0 Å². The maximum absolute atomic E-state index is 10.8. The highest BCUT2D eigenvalue weighted by Crippen LogP contribution is 2.14. The van der Waals surface area contributed by atoms with Gasteiger partial charge in [-0.1, -0.05) is 19.1 Å². The molecule has 4 nitrogen and oxygen atoms in total. The average molecular weight is 263 g/mol. The van der Waals surface area contributed by atoms with E-state index in [1.54, 1.807) is 19.1 Å². The molecule has 0 fully saturated rings. The first kappa shape index (κ1) is 13.2. The Labute approximate surface area is 99.0 Å². The summed E-state index contributed by atoms with van der Waals surface area (Å²) in [5, 5.41) is -0.432. The number of benzene rings is 1. The second-order valence-corrected chi connectivity index (χ2v) is 5.32. The minimum absolute atomic E-state index is 0.166. The highest BCUT2D eigenvalue weighted by molar-refractivity contribution is 7.85. The van der Waals surface area contributed by atoms with Gasteiger partial charge in [-0.3, -0.25) is 9.35 Å². The average Bonchev–Trinajstić information content (AvgIpc) is 2.17. The van der Waals surface area contributed by atoms with Gasteiger partial charge in [-0.05, 0) is 35.7 Å². The summed E-state index contributed by atoms with van der Waals surface area (Å²) in [5.41, 5.74) is 0.786. The molecule has 0 aliphatic carbocycles. The fourth-order valence-corrected chi connectivity index (χ4v) is 1.79. The molecule has 0 saturated heterocycles. The predicted molar refractivity (Wildman–Crippen MR) is 60.0 cm³/mol. The van der Waals surface area contributed by atoms with Gasteiger partial charge in [0, 0.05) is 5.92 Å². The van der Waals surface area contributed by atoms with E-state index in [4.69, 9.17) is 16.2 Å². The van der Waals surface area contributed by atoms with Crippen LogP contribution in [0.3, 0.4) is 0 Å². The molecule has 0 spiro atoms. The molecule has 1 aromatic carbocycles. The molecule has 16 heavy (non-hydrogen) atoms. The Hall–Kier alpha value is -0.910. The highest BCUT2D eigenvalue weighted by Gasteiger charge is 2.12. The molecule has 0 unspecified atom stereocenters. The summed E-state index contributed by atoms with van der Waals surface area (Å²) in [6.45, 7) is 1.69. The Morgan fingerprint density at radius 2 is 1.88 bits per heavy atom. The summed E-state index contributed by atoms with van der Waals surface area (Å²) in [6, 6.07) is 5.66. The van der Waals surface area contributed by atoms with Crippen molar-refractivity contribution in [2.24, 2.45) is 5.92 Å². The van der Waals surface area contributed by atoms with Gasteiger partial charge in [-0.2, -0.15) is 8.42 Å². The predicted octanol–water partition coefficient (Wildman–Crippen LogP) is 1.88. The van der Waals surface area contributed by atoms with E-state index in [0.717, 1.165) is 5.56 Å². The molecule has 0 aliphatic heterocycles. The Balaban J connectivity index is 2.84. The zero-order valence-corrected chi connectivity index (χ0v) is 10.1. The van der Waals surface area contributed by atoms with Crippen LogP contribution in [0, 0.1) is 5.92 Å². The molecule has 1 atom stereocenters. The van der Waals surface area contributed by atoms with E-state index < -0.39 is 15.4 Å². The molecule has 0 saturated carbocycles. The fourth-order valence-electron chi connectivity index (χ4n) is 1.23. The van der Waals surface area contributed by atoms with Gasteiger partial charge in [-0.25, -0.2) is 0 Å². The third kappa shape index (κ3) is 3.59. The van der Waals surface area contributed by atoms with Gasteiger partial charge in [0.1, 0.15) is 0 Å². The lowest BCUT2D eigenvalue weighted by molar-refractivity contribution is -0.114. The minimum Gasteiger partial charge on any atom is -0.282 e. The van der Waals surface area contributed by atoms with Gasteiger partial charge < -0.3 is 0 Å².